The highest BCUT2D eigenvalue weighted by atomic mass is 15.3. The fourth-order valence-corrected chi connectivity index (χ4v) is 3.55. The Morgan fingerprint density at radius 1 is 0.929 bits per heavy atom. The first-order chi connectivity index (χ1) is 13.6. The van der Waals surface area contributed by atoms with Crippen molar-refractivity contribution in [3.05, 3.63) is 60.2 Å². The molecule has 144 valence electrons. The third kappa shape index (κ3) is 3.55. The maximum Gasteiger partial charge on any atom is 0.159 e. The van der Waals surface area contributed by atoms with Crippen LogP contribution in [0.4, 0.5) is 28.7 Å². The van der Waals surface area contributed by atoms with Crippen LogP contribution in [0.25, 0.3) is 0 Å². The molecule has 0 amide bonds. The first-order valence-corrected chi connectivity index (χ1v) is 9.47. The minimum Gasteiger partial charge on any atom is -0.393 e. The predicted octanol–water partition coefficient (Wildman–Crippen LogP) is 3.14. The highest BCUT2D eigenvalue weighted by molar-refractivity contribution is 5.78. The van der Waals surface area contributed by atoms with Crippen LogP contribution >= 0.6 is 0 Å². The number of aromatic nitrogens is 3. The fraction of sp³-hybridized carbons (Fsp3) is 0.286. The van der Waals surface area contributed by atoms with Gasteiger partial charge in [0.1, 0.15) is 12.0 Å². The number of nitrogens with two attached hydrogens (primary N) is 1. The van der Waals surface area contributed by atoms with Crippen molar-refractivity contribution in [2.45, 2.75) is 13.8 Å². The van der Waals surface area contributed by atoms with Gasteiger partial charge in [-0.05, 0) is 43.2 Å². The number of anilines is 5. The summed E-state index contributed by atoms with van der Waals surface area (Å²) < 4.78 is 0. The molecule has 1 saturated heterocycles. The largest absolute Gasteiger partial charge is 0.393 e. The summed E-state index contributed by atoms with van der Waals surface area (Å²) in [5.41, 5.74) is 11.8. The monoisotopic (exact) mass is 375 g/mol. The molecule has 2 aromatic heterocycles. The molecule has 0 bridgehead atoms. The van der Waals surface area contributed by atoms with E-state index in [1.807, 2.05) is 12.1 Å². The van der Waals surface area contributed by atoms with Crippen LogP contribution in [-0.2, 0) is 0 Å². The van der Waals surface area contributed by atoms with Gasteiger partial charge in [0.2, 0.25) is 0 Å². The van der Waals surface area contributed by atoms with Crippen molar-refractivity contribution >= 4 is 28.7 Å². The zero-order chi connectivity index (χ0) is 19.5. The van der Waals surface area contributed by atoms with E-state index in [2.05, 4.69) is 62.1 Å². The minimum atomic E-state index is 0.569. The average molecular weight is 375 g/mol. The lowest BCUT2D eigenvalue weighted by Crippen LogP contribution is -2.47. The number of nitrogen functional groups attached to an aromatic ring is 1. The number of hydrogen-bond donors (Lipinski definition) is 2. The van der Waals surface area contributed by atoms with E-state index >= 15 is 0 Å². The SMILES string of the molecule is Cc1cccc(N2CCN(c3ncnc(Nc4ccncc4)c3N)CC2)c1C. The molecule has 4 rings (SSSR count). The summed E-state index contributed by atoms with van der Waals surface area (Å²) in [6, 6.07) is 10.2. The second kappa shape index (κ2) is 7.72. The summed E-state index contributed by atoms with van der Waals surface area (Å²) >= 11 is 0. The summed E-state index contributed by atoms with van der Waals surface area (Å²) in [6.45, 7) is 7.94. The van der Waals surface area contributed by atoms with Crippen molar-refractivity contribution < 1.29 is 0 Å². The van der Waals surface area contributed by atoms with Gasteiger partial charge in [-0.2, -0.15) is 0 Å². The molecule has 0 saturated carbocycles. The van der Waals surface area contributed by atoms with Crippen LogP contribution in [-0.4, -0.2) is 41.1 Å². The van der Waals surface area contributed by atoms with Crippen molar-refractivity contribution in [1.29, 1.82) is 0 Å². The quantitative estimate of drug-likeness (QED) is 0.725. The Kier molecular flexibility index (Phi) is 4.97. The maximum atomic E-state index is 6.39. The molecule has 0 spiro atoms. The summed E-state index contributed by atoms with van der Waals surface area (Å²) in [5, 5.41) is 3.25. The molecule has 0 atom stereocenters. The molecule has 7 nitrogen and oxygen atoms in total. The average Bonchev–Trinajstić information content (AvgIpc) is 2.73. The van der Waals surface area contributed by atoms with Gasteiger partial charge < -0.3 is 20.9 Å². The Bertz CT molecular complexity index is 950. The number of nitrogens with one attached hydrogen (secondary N) is 1. The maximum absolute atomic E-state index is 6.39. The molecular weight excluding hydrogens is 350 g/mol. The highest BCUT2D eigenvalue weighted by Gasteiger charge is 2.22. The lowest BCUT2D eigenvalue weighted by atomic mass is 10.1. The zero-order valence-corrected chi connectivity index (χ0v) is 16.3. The van der Waals surface area contributed by atoms with Crippen LogP contribution in [0.1, 0.15) is 11.1 Å². The summed E-state index contributed by atoms with van der Waals surface area (Å²) in [4.78, 5) is 17.5. The van der Waals surface area contributed by atoms with Gasteiger partial charge in [0.25, 0.3) is 0 Å². The van der Waals surface area contributed by atoms with Gasteiger partial charge >= 0.3 is 0 Å². The second-order valence-electron chi connectivity index (χ2n) is 7.01. The Balaban J connectivity index is 1.49. The summed E-state index contributed by atoms with van der Waals surface area (Å²) in [5.74, 6) is 1.40. The molecule has 1 aliphatic heterocycles. The molecule has 3 aromatic rings. The second-order valence-corrected chi connectivity index (χ2v) is 7.01. The number of nitrogens with zero attached hydrogens (tertiary/aromatic N) is 5. The number of benzene rings is 1. The number of rotatable bonds is 4. The molecule has 0 radical (unpaired) electrons. The van der Waals surface area contributed by atoms with Crippen molar-refractivity contribution in [3.8, 4) is 0 Å². The van der Waals surface area contributed by atoms with Gasteiger partial charge in [-0.3, -0.25) is 4.98 Å². The van der Waals surface area contributed by atoms with Gasteiger partial charge in [0.05, 0.1) is 0 Å². The normalized spacial score (nSPS) is 14.2. The molecule has 3 heterocycles. The van der Waals surface area contributed by atoms with Crippen LogP contribution in [0.3, 0.4) is 0 Å². The number of hydrogen-bond acceptors (Lipinski definition) is 7. The molecule has 1 fully saturated rings. The molecule has 0 unspecified atom stereocenters. The molecule has 28 heavy (non-hydrogen) atoms. The fourth-order valence-electron chi connectivity index (χ4n) is 3.55. The number of aryl methyl sites for hydroxylation is 1. The molecular formula is C21H25N7. The Morgan fingerprint density at radius 2 is 1.64 bits per heavy atom. The third-order valence-corrected chi connectivity index (χ3v) is 5.30. The van der Waals surface area contributed by atoms with Crippen molar-refractivity contribution in [3.63, 3.8) is 0 Å². The Morgan fingerprint density at radius 3 is 2.39 bits per heavy atom. The zero-order valence-electron chi connectivity index (χ0n) is 16.3. The highest BCUT2D eigenvalue weighted by Crippen LogP contribution is 2.30. The van der Waals surface area contributed by atoms with Crippen molar-refractivity contribution in [1.82, 2.24) is 15.0 Å². The number of pyridine rings is 1. The van der Waals surface area contributed by atoms with E-state index in [0.29, 0.717) is 11.5 Å². The van der Waals surface area contributed by atoms with Crippen molar-refractivity contribution in [2.75, 3.05) is 47.0 Å². The van der Waals surface area contributed by atoms with Crippen LogP contribution < -0.4 is 20.9 Å². The van der Waals surface area contributed by atoms with Gasteiger partial charge in [-0.25, -0.2) is 9.97 Å². The van der Waals surface area contributed by atoms with E-state index in [4.69, 9.17) is 5.73 Å². The molecule has 7 heteroatoms. The van der Waals surface area contributed by atoms with E-state index in [-0.39, 0.29) is 0 Å². The first kappa shape index (κ1) is 18.0. The standard InChI is InChI=1S/C21H25N7/c1-15-4-3-5-18(16(15)2)27-10-12-28(13-11-27)21-19(22)20(24-14-25-21)26-17-6-8-23-9-7-17/h3-9,14H,10-13,22H2,1-2H3,(H,23,24,25,26). The van der Waals surface area contributed by atoms with E-state index in [9.17, 15) is 0 Å². The molecule has 1 aliphatic rings. The van der Waals surface area contributed by atoms with Crippen LogP contribution in [0, 0.1) is 13.8 Å². The summed E-state index contributed by atoms with van der Waals surface area (Å²) in [6.07, 6.45) is 5.02. The minimum absolute atomic E-state index is 0.569. The van der Waals surface area contributed by atoms with E-state index in [0.717, 1.165) is 37.7 Å². The van der Waals surface area contributed by atoms with Crippen LogP contribution in [0.5, 0.6) is 0 Å². The first-order valence-electron chi connectivity index (χ1n) is 9.47. The van der Waals surface area contributed by atoms with E-state index in [1.165, 1.54) is 16.8 Å². The Labute approximate surface area is 165 Å². The number of piperazine rings is 1. The summed E-state index contributed by atoms with van der Waals surface area (Å²) in [7, 11) is 0. The molecule has 0 aliphatic carbocycles. The van der Waals surface area contributed by atoms with Gasteiger partial charge in [0.15, 0.2) is 11.6 Å². The van der Waals surface area contributed by atoms with Crippen molar-refractivity contribution in [2.24, 2.45) is 0 Å². The lowest BCUT2D eigenvalue weighted by molar-refractivity contribution is 0.646. The smallest absolute Gasteiger partial charge is 0.159 e. The van der Waals surface area contributed by atoms with Gasteiger partial charge in [-0.1, -0.05) is 12.1 Å². The van der Waals surface area contributed by atoms with Gasteiger partial charge in [0, 0.05) is 49.9 Å². The molecule has 3 N–H and O–H groups in total. The Hall–Kier alpha value is -3.35. The van der Waals surface area contributed by atoms with Gasteiger partial charge in [-0.15, -0.1) is 0 Å². The van der Waals surface area contributed by atoms with E-state index < -0.39 is 0 Å². The van der Waals surface area contributed by atoms with Crippen LogP contribution in [0.2, 0.25) is 0 Å². The molecule has 1 aromatic carbocycles. The predicted molar refractivity (Wildman–Crippen MR) is 114 cm³/mol. The topological polar surface area (TPSA) is 83.2 Å². The lowest BCUT2D eigenvalue weighted by Gasteiger charge is -2.38. The van der Waals surface area contributed by atoms with Crippen LogP contribution in [0.15, 0.2) is 49.1 Å². The third-order valence-electron chi connectivity index (χ3n) is 5.30. The van der Waals surface area contributed by atoms with E-state index in [1.54, 1.807) is 18.7 Å².